The molecule has 0 unspecified atom stereocenters. The molecule has 0 radical (unpaired) electrons. The van der Waals surface area contributed by atoms with Crippen molar-refractivity contribution in [2.75, 3.05) is 20.0 Å². The van der Waals surface area contributed by atoms with Crippen LogP contribution in [0.4, 0.5) is 0 Å². The Morgan fingerprint density at radius 2 is 2.07 bits per heavy atom. The predicted molar refractivity (Wildman–Crippen MR) is 102 cm³/mol. The van der Waals surface area contributed by atoms with Gasteiger partial charge >= 0.3 is 5.97 Å². The Kier molecular flexibility index (Phi) is 4.99. The van der Waals surface area contributed by atoms with E-state index < -0.39 is 0 Å². The van der Waals surface area contributed by atoms with E-state index in [9.17, 15) is 9.59 Å². The summed E-state index contributed by atoms with van der Waals surface area (Å²) < 4.78 is 11.6. The van der Waals surface area contributed by atoms with E-state index in [0.717, 1.165) is 11.3 Å². The molecular weight excluding hydrogens is 380 g/mol. The summed E-state index contributed by atoms with van der Waals surface area (Å²) in [5.41, 5.74) is 2.27. The molecule has 0 aliphatic heterocycles. The molecule has 0 spiro atoms. The first-order chi connectivity index (χ1) is 13.6. The lowest BCUT2D eigenvalue weighted by Crippen LogP contribution is -2.21. The molecule has 9 heteroatoms. The van der Waals surface area contributed by atoms with Crippen LogP contribution in [-0.2, 0) is 16.0 Å². The van der Waals surface area contributed by atoms with Gasteiger partial charge in [-0.15, -0.1) is 5.10 Å². The SMILES string of the molecule is COC(=O)CSc1nc2nc3c(cn2n1)C(=O)C[C@H](c1ccccc1OC)C3. The van der Waals surface area contributed by atoms with Crippen molar-refractivity contribution < 1.29 is 19.1 Å². The molecule has 2 aromatic heterocycles. The largest absolute Gasteiger partial charge is 0.496 e. The smallest absolute Gasteiger partial charge is 0.316 e. The number of fused-ring (bicyclic) bond motifs is 2. The lowest BCUT2D eigenvalue weighted by molar-refractivity contribution is -0.137. The maximum absolute atomic E-state index is 12.8. The molecule has 4 rings (SSSR count). The van der Waals surface area contributed by atoms with Crippen molar-refractivity contribution in [2.45, 2.75) is 23.9 Å². The first-order valence-corrected chi connectivity index (χ1v) is 9.69. The van der Waals surface area contributed by atoms with Crippen molar-refractivity contribution in [3.05, 3.63) is 47.3 Å². The number of carbonyl (C=O) groups excluding carboxylic acids is 2. The number of ether oxygens (including phenoxy) is 2. The van der Waals surface area contributed by atoms with Crippen LogP contribution < -0.4 is 4.74 Å². The highest BCUT2D eigenvalue weighted by Crippen LogP contribution is 2.36. The fourth-order valence-corrected chi connectivity index (χ4v) is 3.99. The maximum Gasteiger partial charge on any atom is 0.316 e. The summed E-state index contributed by atoms with van der Waals surface area (Å²) in [6.45, 7) is 0. The van der Waals surface area contributed by atoms with Gasteiger partial charge in [0.15, 0.2) is 5.78 Å². The molecule has 0 amide bonds. The summed E-state index contributed by atoms with van der Waals surface area (Å²) in [5, 5.41) is 4.70. The van der Waals surface area contributed by atoms with Gasteiger partial charge in [0.1, 0.15) is 5.75 Å². The number of thioether (sulfide) groups is 1. The fraction of sp³-hybridized carbons (Fsp3) is 0.316. The van der Waals surface area contributed by atoms with Crippen LogP contribution in [0, 0.1) is 0 Å². The first kappa shape index (κ1) is 18.4. The van der Waals surface area contributed by atoms with Crippen LogP contribution in [-0.4, -0.2) is 51.3 Å². The molecule has 2 heterocycles. The van der Waals surface area contributed by atoms with Crippen molar-refractivity contribution in [3.63, 3.8) is 0 Å². The average molecular weight is 398 g/mol. The summed E-state index contributed by atoms with van der Waals surface area (Å²) >= 11 is 1.17. The molecule has 1 aliphatic carbocycles. The molecule has 1 atom stereocenters. The zero-order valence-electron chi connectivity index (χ0n) is 15.4. The monoisotopic (exact) mass is 398 g/mol. The highest BCUT2D eigenvalue weighted by molar-refractivity contribution is 7.99. The number of ketones is 1. The number of hydrogen-bond donors (Lipinski definition) is 0. The van der Waals surface area contributed by atoms with Gasteiger partial charge in [-0.1, -0.05) is 30.0 Å². The summed E-state index contributed by atoms with van der Waals surface area (Å²) in [6.07, 6.45) is 2.68. The van der Waals surface area contributed by atoms with E-state index in [1.54, 1.807) is 13.3 Å². The maximum atomic E-state index is 12.8. The third-order valence-electron chi connectivity index (χ3n) is 4.69. The number of aromatic nitrogens is 4. The van der Waals surface area contributed by atoms with Crippen LogP contribution in [0.2, 0.25) is 0 Å². The predicted octanol–water partition coefficient (Wildman–Crippen LogP) is 2.31. The summed E-state index contributed by atoms with van der Waals surface area (Å²) in [7, 11) is 2.96. The Morgan fingerprint density at radius 3 is 2.86 bits per heavy atom. The number of methoxy groups -OCH3 is 2. The molecular formula is C19H18N4O4S. The molecule has 0 fully saturated rings. The third kappa shape index (κ3) is 3.45. The van der Waals surface area contributed by atoms with E-state index >= 15 is 0 Å². The highest BCUT2D eigenvalue weighted by Gasteiger charge is 2.30. The van der Waals surface area contributed by atoms with Gasteiger partial charge in [0.2, 0.25) is 5.16 Å². The van der Waals surface area contributed by atoms with E-state index in [4.69, 9.17) is 4.74 Å². The summed E-state index contributed by atoms with van der Waals surface area (Å²) in [5.74, 6) is 0.953. The Bertz CT molecular complexity index is 1070. The Labute approximate surface area is 165 Å². The molecule has 3 aromatic rings. The molecule has 144 valence electrons. The molecule has 28 heavy (non-hydrogen) atoms. The Balaban J connectivity index is 1.65. The summed E-state index contributed by atoms with van der Waals surface area (Å²) in [4.78, 5) is 33.0. The van der Waals surface area contributed by atoms with Gasteiger partial charge in [-0.3, -0.25) is 9.59 Å². The van der Waals surface area contributed by atoms with Crippen LogP contribution in [0.25, 0.3) is 5.78 Å². The molecule has 0 saturated carbocycles. The van der Waals surface area contributed by atoms with Crippen LogP contribution in [0.3, 0.4) is 0 Å². The topological polar surface area (TPSA) is 95.7 Å². The van der Waals surface area contributed by atoms with Crippen molar-refractivity contribution in [1.82, 2.24) is 19.6 Å². The number of hydrogen-bond acceptors (Lipinski definition) is 8. The molecule has 0 saturated heterocycles. The van der Waals surface area contributed by atoms with E-state index in [1.165, 1.54) is 23.4 Å². The van der Waals surface area contributed by atoms with E-state index in [0.29, 0.717) is 35.0 Å². The van der Waals surface area contributed by atoms with Gasteiger partial charge < -0.3 is 9.47 Å². The second-order valence-electron chi connectivity index (χ2n) is 6.38. The van der Waals surface area contributed by atoms with E-state index in [2.05, 4.69) is 19.8 Å². The Hall–Kier alpha value is -2.94. The normalized spacial score (nSPS) is 16.1. The van der Waals surface area contributed by atoms with Crippen molar-refractivity contribution in [1.29, 1.82) is 0 Å². The average Bonchev–Trinajstić information content (AvgIpc) is 3.12. The second-order valence-corrected chi connectivity index (χ2v) is 7.32. The van der Waals surface area contributed by atoms with Crippen LogP contribution >= 0.6 is 11.8 Å². The number of benzene rings is 1. The van der Waals surface area contributed by atoms with Gasteiger partial charge in [0.25, 0.3) is 5.78 Å². The number of Topliss-reactive ketones (excluding diaryl/α,β-unsaturated/α-hetero) is 1. The number of carbonyl (C=O) groups is 2. The quantitative estimate of drug-likeness (QED) is 0.477. The van der Waals surface area contributed by atoms with Crippen molar-refractivity contribution in [3.8, 4) is 5.75 Å². The van der Waals surface area contributed by atoms with Crippen LogP contribution in [0.15, 0.2) is 35.6 Å². The second kappa shape index (κ2) is 7.59. The van der Waals surface area contributed by atoms with E-state index in [-0.39, 0.29) is 23.4 Å². The zero-order valence-corrected chi connectivity index (χ0v) is 16.2. The Morgan fingerprint density at radius 1 is 1.25 bits per heavy atom. The molecule has 8 nitrogen and oxygen atoms in total. The minimum Gasteiger partial charge on any atom is -0.496 e. The van der Waals surface area contributed by atoms with Gasteiger partial charge in [-0.2, -0.15) is 4.98 Å². The van der Waals surface area contributed by atoms with Crippen molar-refractivity contribution in [2.24, 2.45) is 0 Å². The minimum absolute atomic E-state index is 0.00203. The lowest BCUT2D eigenvalue weighted by atomic mass is 9.82. The number of rotatable bonds is 5. The molecule has 1 aromatic carbocycles. The van der Waals surface area contributed by atoms with E-state index in [1.807, 2.05) is 24.3 Å². The van der Waals surface area contributed by atoms with Gasteiger partial charge in [-0.25, -0.2) is 9.50 Å². The third-order valence-corrected chi connectivity index (χ3v) is 5.50. The van der Waals surface area contributed by atoms with Crippen molar-refractivity contribution >= 4 is 29.3 Å². The molecule has 0 N–H and O–H groups in total. The number of esters is 1. The minimum atomic E-state index is -0.356. The zero-order chi connectivity index (χ0) is 19.7. The standard InChI is InChI=1S/C19H18N4O4S/c1-26-16-6-4-3-5-12(16)11-7-14-13(15(24)8-11)9-23-18(20-14)21-19(22-23)28-10-17(25)27-2/h3-6,9,11H,7-8,10H2,1-2H3/t11-/m1/s1. The van der Waals surface area contributed by atoms with Gasteiger partial charge in [0.05, 0.1) is 31.2 Å². The fourth-order valence-electron chi connectivity index (χ4n) is 3.33. The first-order valence-electron chi connectivity index (χ1n) is 8.71. The molecule has 1 aliphatic rings. The van der Waals surface area contributed by atoms with Gasteiger partial charge in [-0.05, 0) is 18.1 Å². The lowest BCUT2D eigenvalue weighted by Gasteiger charge is -2.24. The summed E-state index contributed by atoms with van der Waals surface area (Å²) in [6, 6.07) is 7.73. The number of nitrogens with zero attached hydrogens (tertiary/aromatic N) is 4. The number of para-hydroxylation sites is 1. The van der Waals surface area contributed by atoms with Crippen LogP contribution in [0.1, 0.15) is 34.0 Å². The van der Waals surface area contributed by atoms with Gasteiger partial charge in [0, 0.05) is 18.5 Å². The van der Waals surface area contributed by atoms with Crippen LogP contribution in [0.5, 0.6) is 5.75 Å². The highest BCUT2D eigenvalue weighted by atomic mass is 32.2. The molecule has 0 bridgehead atoms.